The molecule has 0 aromatic heterocycles. The lowest BCUT2D eigenvalue weighted by molar-refractivity contribution is -0.137. The number of carbonyl (C=O) groups excluding carboxylic acids is 1. The Hall–Kier alpha value is -1.10. The van der Waals surface area contributed by atoms with Crippen LogP contribution in [0.15, 0.2) is 0 Å². The molecular formula is C18H38N2O3. The van der Waals surface area contributed by atoms with E-state index >= 15 is 0 Å². The minimum atomic E-state index is -0.694. The van der Waals surface area contributed by atoms with Crippen molar-refractivity contribution in [1.82, 2.24) is 5.32 Å². The molecule has 0 unspecified atom stereocenters. The van der Waals surface area contributed by atoms with E-state index in [9.17, 15) is 9.59 Å². The number of amides is 1. The Morgan fingerprint density at radius 2 is 1.26 bits per heavy atom. The molecule has 1 amide bonds. The van der Waals surface area contributed by atoms with Crippen molar-refractivity contribution in [1.29, 1.82) is 0 Å². The second-order valence-corrected chi connectivity index (χ2v) is 5.57. The third kappa shape index (κ3) is 23.3. The number of hydrogen-bond acceptors (Lipinski definition) is 3. The van der Waals surface area contributed by atoms with Crippen LogP contribution in [0.5, 0.6) is 0 Å². The number of hydrogen-bond donors (Lipinski definition) is 3. The molecule has 0 saturated carbocycles. The monoisotopic (exact) mass is 330 g/mol. The molecule has 0 aliphatic carbocycles. The number of nitrogens with two attached hydrogens (primary N) is 1. The van der Waals surface area contributed by atoms with Gasteiger partial charge < -0.3 is 16.2 Å². The minimum absolute atomic E-state index is 0.141. The molecule has 0 rings (SSSR count). The Bertz CT molecular complexity index is 271. The zero-order valence-electron chi connectivity index (χ0n) is 15.2. The van der Waals surface area contributed by atoms with Crippen LogP contribution in [-0.2, 0) is 9.59 Å². The van der Waals surface area contributed by atoms with Crippen LogP contribution in [0.2, 0.25) is 0 Å². The molecule has 0 bridgehead atoms. The second kappa shape index (κ2) is 20.9. The molecule has 5 heteroatoms. The third-order valence-electron chi connectivity index (χ3n) is 3.50. The summed E-state index contributed by atoms with van der Waals surface area (Å²) in [6, 6.07) is 0. The maximum Gasteiger partial charge on any atom is 0.303 e. The van der Waals surface area contributed by atoms with Crippen molar-refractivity contribution >= 4 is 11.9 Å². The SMILES string of the molecule is CC.NCCCCC(=O)NCCCCCCCCCCC(=O)O. The highest BCUT2D eigenvalue weighted by Crippen LogP contribution is 2.09. The van der Waals surface area contributed by atoms with E-state index in [0.717, 1.165) is 51.5 Å². The van der Waals surface area contributed by atoms with Gasteiger partial charge in [-0.1, -0.05) is 52.4 Å². The zero-order valence-corrected chi connectivity index (χ0v) is 15.2. The van der Waals surface area contributed by atoms with Gasteiger partial charge in [-0.15, -0.1) is 0 Å². The summed E-state index contributed by atoms with van der Waals surface area (Å²) in [6.07, 6.45) is 11.4. The average molecular weight is 331 g/mol. The van der Waals surface area contributed by atoms with Crippen LogP contribution in [0.1, 0.15) is 90.9 Å². The molecule has 138 valence electrons. The topological polar surface area (TPSA) is 92.4 Å². The summed E-state index contributed by atoms with van der Waals surface area (Å²) >= 11 is 0. The summed E-state index contributed by atoms with van der Waals surface area (Å²) in [5.41, 5.74) is 5.38. The van der Waals surface area contributed by atoms with Crippen molar-refractivity contribution < 1.29 is 14.7 Å². The van der Waals surface area contributed by atoms with Crippen LogP contribution in [0, 0.1) is 0 Å². The second-order valence-electron chi connectivity index (χ2n) is 5.57. The van der Waals surface area contributed by atoms with Gasteiger partial charge >= 0.3 is 5.97 Å². The first-order chi connectivity index (χ1) is 11.2. The molecular weight excluding hydrogens is 292 g/mol. The van der Waals surface area contributed by atoms with E-state index in [-0.39, 0.29) is 5.91 Å². The number of carboxylic acids is 1. The number of carboxylic acid groups (broad SMARTS) is 1. The molecule has 0 atom stereocenters. The highest BCUT2D eigenvalue weighted by atomic mass is 16.4. The van der Waals surface area contributed by atoms with Crippen molar-refractivity contribution in [2.45, 2.75) is 90.9 Å². The predicted molar refractivity (Wildman–Crippen MR) is 96.5 cm³/mol. The highest BCUT2D eigenvalue weighted by Gasteiger charge is 2.00. The molecule has 0 aromatic rings. The van der Waals surface area contributed by atoms with E-state index in [2.05, 4.69) is 5.32 Å². The number of rotatable bonds is 15. The van der Waals surface area contributed by atoms with E-state index in [1.54, 1.807) is 0 Å². The normalized spacial score (nSPS) is 9.87. The lowest BCUT2D eigenvalue weighted by atomic mass is 10.1. The smallest absolute Gasteiger partial charge is 0.303 e. The van der Waals surface area contributed by atoms with Crippen molar-refractivity contribution in [2.75, 3.05) is 13.1 Å². The quantitative estimate of drug-likeness (QED) is 0.398. The summed E-state index contributed by atoms with van der Waals surface area (Å²) in [7, 11) is 0. The third-order valence-corrected chi connectivity index (χ3v) is 3.50. The van der Waals surface area contributed by atoms with Crippen LogP contribution in [0.4, 0.5) is 0 Å². The minimum Gasteiger partial charge on any atom is -0.481 e. The van der Waals surface area contributed by atoms with Gasteiger partial charge in [0.05, 0.1) is 0 Å². The molecule has 0 radical (unpaired) electrons. The molecule has 0 spiro atoms. The summed E-state index contributed by atoms with van der Waals surface area (Å²) in [6.45, 7) is 5.43. The van der Waals surface area contributed by atoms with Crippen molar-refractivity contribution in [3.05, 3.63) is 0 Å². The Balaban J connectivity index is 0. The number of nitrogens with one attached hydrogen (secondary N) is 1. The first kappa shape index (κ1) is 24.2. The Morgan fingerprint density at radius 1 is 0.783 bits per heavy atom. The Kier molecular flexibility index (Phi) is 22.0. The molecule has 0 aliphatic heterocycles. The van der Waals surface area contributed by atoms with Crippen LogP contribution < -0.4 is 11.1 Å². The van der Waals surface area contributed by atoms with Gasteiger partial charge in [-0.2, -0.15) is 0 Å². The lowest BCUT2D eigenvalue weighted by Crippen LogP contribution is -2.24. The predicted octanol–water partition coefficient (Wildman–Crippen LogP) is 3.85. The average Bonchev–Trinajstić information content (AvgIpc) is 2.54. The van der Waals surface area contributed by atoms with Crippen LogP contribution in [0.3, 0.4) is 0 Å². The Morgan fingerprint density at radius 3 is 1.78 bits per heavy atom. The van der Waals surface area contributed by atoms with Gasteiger partial charge in [-0.05, 0) is 32.2 Å². The van der Waals surface area contributed by atoms with E-state index in [4.69, 9.17) is 10.8 Å². The van der Waals surface area contributed by atoms with E-state index < -0.39 is 5.97 Å². The Labute approximate surface area is 142 Å². The fourth-order valence-corrected chi connectivity index (χ4v) is 2.21. The first-order valence-corrected chi connectivity index (χ1v) is 9.35. The van der Waals surface area contributed by atoms with Gasteiger partial charge in [0.2, 0.25) is 5.91 Å². The standard InChI is InChI=1S/C16H32N2O3.C2H6/c17-13-9-8-11-15(19)18-14-10-6-4-2-1-3-5-7-12-16(20)21;1-2/h1-14,17H2,(H,18,19)(H,20,21);1-2H3. The van der Waals surface area contributed by atoms with Gasteiger partial charge in [0.15, 0.2) is 0 Å². The largest absolute Gasteiger partial charge is 0.481 e. The van der Waals surface area contributed by atoms with Crippen molar-refractivity contribution in [3.8, 4) is 0 Å². The molecule has 23 heavy (non-hydrogen) atoms. The molecule has 0 saturated heterocycles. The fourth-order valence-electron chi connectivity index (χ4n) is 2.21. The molecule has 4 N–H and O–H groups in total. The zero-order chi connectivity index (χ0) is 17.8. The molecule has 0 aliphatic rings. The summed E-state index contributed by atoms with van der Waals surface area (Å²) < 4.78 is 0. The maximum atomic E-state index is 11.4. The van der Waals surface area contributed by atoms with Gasteiger partial charge in [-0.25, -0.2) is 0 Å². The summed E-state index contributed by atoms with van der Waals surface area (Å²) in [5, 5.41) is 11.4. The van der Waals surface area contributed by atoms with Gasteiger partial charge in [0.25, 0.3) is 0 Å². The van der Waals surface area contributed by atoms with Gasteiger partial charge in [-0.3, -0.25) is 9.59 Å². The maximum absolute atomic E-state index is 11.4. The highest BCUT2D eigenvalue weighted by molar-refractivity contribution is 5.75. The summed E-state index contributed by atoms with van der Waals surface area (Å²) in [4.78, 5) is 21.7. The molecule has 5 nitrogen and oxygen atoms in total. The first-order valence-electron chi connectivity index (χ1n) is 9.35. The number of carbonyl (C=O) groups is 2. The molecule has 0 heterocycles. The van der Waals surface area contributed by atoms with E-state index in [0.29, 0.717) is 19.4 Å². The number of unbranched alkanes of at least 4 members (excludes halogenated alkanes) is 8. The van der Waals surface area contributed by atoms with Crippen LogP contribution in [-0.4, -0.2) is 30.1 Å². The van der Waals surface area contributed by atoms with Crippen LogP contribution in [0.25, 0.3) is 0 Å². The fraction of sp³-hybridized carbons (Fsp3) is 0.889. The summed E-state index contributed by atoms with van der Waals surface area (Å²) in [5.74, 6) is -0.554. The lowest BCUT2D eigenvalue weighted by Gasteiger charge is -2.05. The van der Waals surface area contributed by atoms with E-state index in [1.807, 2.05) is 13.8 Å². The van der Waals surface area contributed by atoms with Gasteiger partial charge in [0, 0.05) is 19.4 Å². The molecule has 0 fully saturated rings. The van der Waals surface area contributed by atoms with Crippen molar-refractivity contribution in [3.63, 3.8) is 0 Å². The number of aliphatic carboxylic acids is 1. The van der Waals surface area contributed by atoms with Crippen LogP contribution >= 0.6 is 0 Å². The van der Waals surface area contributed by atoms with E-state index in [1.165, 1.54) is 19.3 Å². The van der Waals surface area contributed by atoms with Crippen molar-refractivity contribution in [2.24, 2.45) is 5.73 Å². The van der Waals surface area contributed by atoms with Gasteiger partial charge in [0.1, 0.15) is 0 Å². The molecule has 0 aromatic carbocycles.